The van der Waals surface area contributed by atoms with Crippen molar-refractivity contribution in [1.82, 2.24) is 4.90 Å². The van der Waals surface area contributed by atoms with E-state index in [2.05, 4.69) is 4.74 Å². The highest BCUT2D eigenvalue weighted by atomic mass is 19.4. The Labute approximate surface area is 106 Å². The predicted octanol–water partition coefficient (Wildman–Crippen LogP) is 3.31. The van der Waals surface area contributed by atoms with E-state index in [9.17, 15) is 18.0 Å². The Hall–Kier alpha value is -2.18. The van der Waals surface area contributed by atoms with Crippen molar-refractivity contribution in [3.05, 3.63) is 36.0 Å². The molecule has 0 fully saturated rings. The summed E-state index contributed by atoms with van der Waals surface area (Å²) in [5.41, 5.74) is 1.18. The third kappa shape index (κ3) is 3.40. The molecule has 0 aliphatic carbocycles. The molecule has 0 radical (unpaired) electrons. The molecule has 2 rings (SSSR count). The molecule has 0 aromatic heterocycles. The SMILES string of the molecule is O=C(O)N1C=C(c2cccc(OC(F)(F)F)c2)CC1. The van der Waals surface area contributed by atoms with Crippen LogP contribution >= 0.6 is 0 Å². The van der Waals surface area contributed by atoms with Crippen LogP contribution < -0.4 is 4.74 Å². The Morgan fingerprint density at radius 3 is 2.68 bits per heavy atom. The Balaban J connectivity index is 2.20. The van der Waals surface area contributed by atoms with Gasteiger partial charge >= 0.3 is 12.5 Å². The van der Waals surface area contributed by atoms with Crippen molar-refractivity contribution >= 4 is 11.7 Å². The summed E-state index contributed by atoms with van der Waals surface area (Å²) in [6.45, 7) is 0.301. The molecule has 1 heterocycles. The standard InChI is InChI=1S/C12H10F3NO3/c13-12(14,15)19-10-3-1-2-8(6-10)9-4-5-16(7-9)11(17)18/h1-3,6-7H,4-5H2,(H,17,18). The van der Waals surface area contributed by atoms with Crippen LogP contribution in [0.3, 0.4) is 0 Å². The fourth-order valence-electron chi connectivity index (χ4n) is 1.82. The van der Waals surface area contributed by atoms with E-state index in [-0.39, 0.29) is 5.75 Å². The molecule has 0 saturated carbocycles. The molecule has 4 nitrogen and oxygen atoms in total. The van der Waals surface area contributed by atoms with Crippen LogP contribution in [0.25, 0.3) is 5.57 Å². The van der Waals surface area contributed by atoms with Crippen LogP contribution in [0.1, 0.15) is 12.0 Å². The van der Waals surface area contributed by atoms with E-state index >= 15 is 0 Å². The second-order valence-corrected chi connectivity index (χ2v) is 3.96. The van der Waals surface area contributed by atoms with Gasteiger partial charge in [-0.3, -0.25) is 4.90 Å². The number of hydrogen-bond donors (Lipinski definition) is 1. The number of amides is 1. The molecule has 1 aliphatic rings. The molecular formula is C12H10F3NO3. The predicted molar refractivity (Wildman–Crippen MR) is 60.4 cm³/mol. The van der Waals surface area contributed by atoms with Gasteiger partial charge in [0.05, 0.1) is 0 Å². The van der Waals surface area contributed by atoms with Crippen molar-refractivity contribution in [2.24, 2.45) is 0 Å². The van der Waals surface area contributed by atoms with Crippen LogP contribution in [-0.2, 0) is 0 Å². The maximum atomic E-state index is 12.1. The average molecular weight is 273 g/mol. The van der Waals surface area contributed by atoms with Crippen molar-refractivity contribution in [2.45, 2.75) is 12.8 Å². The van der Waals surface area contributed by atoms with E-state index in [1.807, 2.05) is 0 Å². The van der Waals surface area contributed by atoms with Crippen molar-refractivity contribution in [3.8, 4) is 5.75 Å². The molecule has 0 unspecified atom stereocenters. The molecule has 1 amide bonds. The average Bonchev–Trinajstić information content (AvgIpc) is 2.76. The lowest BCUT2D eigenvalue weighted by atomic mass is 10.1. The highest BCUT2D eigenvalue weighted by Crippen LogP contribution is 2.29. The Kier molecular flexibility index (Phi) is 3.37. The number of halogens is 3. The van der Waals surface area contributed by atoms with E-state index in [0.29, 0.717) is 24.1 Å². The van der Waals surface area contributed by atoms with Gasteiger partial charge in [0, 0.05) is 12.7 Å². The second-order valence-electron chi connectivity index (χ2n) is 3.96. The molecule has 19 heavy (non-hydrogen) atoms. The minimum Gasteiger partial charge on any atom is -0.465 e. The monoisotopic (exact) mass is 273 g/mol. The fourth-order valence-corrected chi connectivity index (χ4v) is 1.82. The summed E-state index contributed by atoms with van der Waals surface area (Å²) in [6.07, 6.45) is -3.95. The van der Waals surface area contributed by atoms with Crippen molar-refractivity contribution in [1.29, 1.82) is 0 Å². The lowest BCUT2D eigenvalue weighted by molar-refractivity contribution is -0.274. The Morgan fingerprint density at radius 1 is 1.37 bits per heavy atom. The highest BCUT2D eigenvalue weighted by Gasteiger charge is 2.31. The number of carboxylic acid groups (broad SMARTS) is 1. The molecule has 0 bridgehead atoms. The van der Waals surface area contributed by atoms with Gasteiger partial charge in [0.25, 0.3) is 0 Å². The molecule has 1 N–H and O–H groups in total. The summed E-state index contributed by atoms with van der Waals surface area (Å²) in [6, 6.07) is 5.48. The Morgan fingerprint density at radius 2 is 2.11 bits per heavy atom. The van der Waals surface area contributed by atoms with Gasteiger partial charge < -0.3 is 9.84 Å². The second kappa shape index (κ2) is 4.83. The van der Waals surface area contributed by atoms with Gasteiger partial charge in [0.1, 0.15) is 5.75 Å². The maximum absolute atomic E-state index is 12.1. The van der Waals surface area contributed by atoms with Crippen LogP contribution in [0.2, 0.25) is 0 Å². The number of benzene rings is 1. The molecule has 0 atom stereocenters. The van der Waals surface area contributed by atoms with Crippen molar-refractivity contribution in [3.63, 3.8) is 0 Å². The largest absolute Gasteiger partial charge is 0.573 e. The quantitative estimate of drug-likeness (QED) is 0.899. The molecule has 1 aromatic carbocycles. The van der Waals surface area contributed by atoms with Crippen molar-refractivity contribution < 1.29 is 27.8 Å². The topological polar surface area (TPSA) is 49.8 Å². The lowest BCUT2D eigenvalue weighted by Crippen LogP contribution is -2.20. The number of carbonyl (C=O) groups is 1. The number of nitrogens with zero attached hydrogens (tertiary/aromatic N) is 1. The minimum atomic E-state index is -4.74. The maximum Gasteiger partial charge on any atom is 0.573 e. The molecule has 102 valence electrons. The zero-order valence-electron chi connectivity index (χ0n) is 9.65. The smallest absolute Gasteiger partial charge is 0.465 e. The van der Waals surface area contributed by atoms with E-state index in [4.69, 9.17) is 5.11 Å². The summed E-state index contributed by atoms with van der Waals surface area (Å²) in [5.74, 6) is -0.320. The first kappa shape index (κ1) is 13.3. The van der Waals surface area contributed by atoms with Gasteiger partial charge in [0.15, 0.2) is 0 Å². The van der Waals surface area contributed by atoms with Crippen LogP contribution in [0.4, 0.5) is 18.0 Å². The number of rotatable bonds is 2. The summed E-state index contributed by atoms with van der Waals surface area (Å²) in [5, 5.41) is 8.79. The zero-order valence-corrected chi connectivity index (χ0v) is 9.65. The highest BCUT2D eigenvalue weighted by molar-refractivity contribution is 5.75. The first-order valence-corrected chi connectivity index (χ1v) is 5.41. The van der Waals surface area contributed by atoms with Gasteiger partial charge in [-0.25, -0.2) is 4.79 Å². The molecule has 7 heteroatoms. The van der Waals surface area contributed by atoms with Gasteiger partial charge in [0.2, 0.25) is 0 Å². The van der Waals surface area contributed by atoms with Crippen LogP contribution in [-0.4, -0.2) is 29.0 Å². The third-order valence-electron chi connectivity index (χ3n) is 2.62. The van der Waals surface area contributed by atoms with E-state index in [1.165, 1.54) is 24.4 Å². The summed E-state index contributed by atoms with van der Waals surface area (Å²) in [7, 11) is 0. The van der Waals surface area contributed by atoms with Gasteiger partial charge in [-0.15, -0.1) is 13.2 Å². The number of ether oxygens (including phenoxy) is 1. The fraction of sp³-hybridized carbons (Fsp3) is 0.250. The summed E-state index contributed by atoms with van der Waals surface area (Å²) < 4.78 is 40.1. The molecule has 0 spiro atoms. The van der Waals surface area contributed by atoms with E-state index < -0.39 is 12.5 Å². The Bertz CT molecular complexity index is 525. The molecule has 1 aliphatic heterocycles. The number of hydrogen-bond acceptors (Lipinski definition) is 2. The minimum absolute atomic E-state index is 0.301. The third-order valence-corrected chi connectivity index (χ3v) is 2.62. The van der Waals surface area contributed by atoms with Crippen LogP contribution in [0.15, 0.2) is 30.5 Å². The number of alkyl halides is 3. The van der Waals surface area contributed by atoms with Gasteiger partial charge in [-0.1, -0.05) is 12.1 Å². The van der Waals surface area contributed by atoms with Gasteiger partial charge in [-0.2, -0.15) is 0 Å². The van der Waals surface area contributed by atoms with E-state index in [1.54, 1.807) is 6.07 Å². The molecule has 0 saturated heterocycles. The normalized spacial score (nSPS) is 15.3. The first-order valence-electron chi connectivity index (χ1n) is 5.41. The van der Waals surface area contributed by atoms with Crippen LogP contribution in [0, 0.1) is 0 Å². The lowest BCUT2D eigenvalue weighted by Gasteiger charge is -2.10. The van der Waals surface area contributed by atoms with Crippen LogP contribution in [0.5, 0.6) is 5.75 Å². The molecular weight excluding hydrogens is 263 g/mol. The van der Waals surface area contributed by atoms with Crippen molar-refractivity contribution in [2.75, 3.05) is 6.54 Å². The van der Waals surface area contributed by atoms with Gasteiger partial charge in [-0.05, 0) is 29.7 Å². The summed E-state index contributed by atoms with van der Waals surface area (Å²) >= 11 is 0. The summed E-state index contributed by atoms with van der Waals surface area (Å²) in [4.78, 5) is 11.8. The van der Waals surface area contributed by atoms with E-state index in [0.717, 1.165) is 4.90 Å². The zero-order chi connectivity index (χ0) is 14.0. The molecule has 1 aromatic rings. The first-order chi connectivity index (χ1) is 8.85.